The Labute approximate surface area is 161 Å². The van der Waals surface area contributed by atoms with E-state index in [0.29, 0.717) is 0 Å². The van der Waals surface area contributed by atoms with Gasteiger partial charge in [-0.1, -0.05) is 6.92 Å². The van der Waals surface area contributed by atoms with Crippen molar-refractivity contribution in [3.8, 4) is 0 Å². The van der Waals surface area contributed by atoms with Gasteiger partial charge in [-0.05, 0) is 45.3 Å². The van der Waals surface area contributed by atoms with Crippen LogP contribution in [0.15, 0.2) is 11.2 Å². The Bertz CT molecular complexity index is 469. The average molecular weight is 451 g/mol. The van der Waals surface area contributed by atoms with Crippen LogP contribution in [0.25, 0.3) is 0 Å². The molecule has 2 rings (SSSR count). The molecule has 0 unspecified atom stereocenters. The number of hydrogen-bond acceptors (Lipinski definition) is 4. The van der Waals surface area contributed by atoms with Crippen LogP contribution >= 0.6 is 35.3 Å². The third-order valence-electron chi connectivity index (χ3n) is 4.20. The van der Waals surface area contributed by atoms with Gasteiger partial charge in [0, 0.05) is 37.6 Å². The van der Waals surface area contributed by atoms with Crippen molar-refractivity contribution in [1.82, 2.24) is 20.5 Å². The minimum atomic E-state index is 0. The number of aromatic nitrogens is 1. The highest BCUT2D eigenvalue weighted by molar-refractivity contribution is 14.0. The highest BCUT2D eigenvalue weighted by atomic mass is 127. The molecule has 1 aromatic heterocycles. The Morgan fingerprint density at radius 2 is 2.13 bits per heavy atom. The van der Waals surface area contributed by atoms with E-state index in [0.717, 1.165) is 37.8 Å². The Kier molecular flexibility index (Phi) is 10.0. The SMILES string of the molecule is CCc1cnc(CCNC(=NC)NCC2CCN(C)CC2)s1.I. The molecule has 5 nitrogen and oxygen atoms in total. The summed E-state index contributed by atoms with van der Waals surface area (Å²) < 4.78 is 0. The quantitative estimate of drug-likeness (QED) is 0.396. The predicted molar refractivity (Wildman–Crippen MR) is 110 cm³/mol. The first-order chi connectivity index (χ1) is 10.7. The lowest BCUT2D eigenvalue weighted by molar-refractivity contribution is 0.220. The molecule has 0 spiro atoms. The standard InChI is InChI=1S/C16H29N5S.HI/c1-4-14-12-19-15(22-14)5-8-18-16(17-2)20-11-13-6-9-21(3)10-7-13;/h12-13H,4-11H2,1-3H3,(H2,17,18,20);1H. The molecule has 132 valence electrons. The van der Waals surface area contributed by atoms with Gasteiger partial charge in [-0.25, -0.2) is 4.98 Å². The van der Waals surface area contributed by atoms with Crippen LogP contribution in [0.5, 0.6) is 0 Å². The average Bonchev–Trinajstić information content (AvgIpc) is 3.00. The van der Waals surface area contributed by atoms with Crippen molar-refractivity contribution in [1.29, 1.82) is 0 Å². The van der Waals surface area contributed by atoms with Gasteiger partial charge in [0.1, 0.15) is 0 Å². The fraction of sp³-hybridized carbons (Fsp3) is 0.750. The molecule has 0 aliphatic carbocycles. The second-order valence-corrected chi connectivity index (χ2v) is 7.15. The second-order valence-electron chi connectivity index (χ2n) is 5.95. The summed E-state index contributed by atoms with van der Waals surface area (Å²) >= 11 is 1.81. The summed E-state index contributed by atoms with van der Waals surface area (Å²) in [5, 5.41) is 8.05. The topological polar surface area (TPSA) is 52.6 Å². The number of thiazole rings is 1. The number of guanidine groups is 1. The molecule has 1 aliphatic heterocycles. The molecule has 0 radical (unpaired) electrons. The minimum Gasteiger partial charge on any atom is -0.356 e. The molecular formula is C16H30IN5S. The smallest absolute Gasteiger partial charge is 0.190 e. The number of nitrogens with zero attached hydrogens (tertiary/aromatic N) is 3. The largest absolute Gasteiger partial charge is 0.356 e. The highest BCUT2D eigenvalue weighted by Gasteiger charge is 2.16. The summed E-state index contributed by atoms with van der Waals surface area (Å²) in [4.78, 5) is 12.5. The highest BCUT2D eigenvalue weighted by Crippen LogP contribution is 2.15. The summed E-state index contributed by atoms with van der Waals surface area (Å²) in [7, 11) is 4.04. The molecule has 0 amide bonds. The van der Waals surface area contributed by atoms with Crippen LogP contribution in [0.4, 0.5) is 0 Å². The Morgan fingerprint density at radius 3 is 2.74 bits per heavy atom. The van der Waals surface area contributed by atoms with E-state index in [1.54, 1.807) is 0 Å². The predicted octanol–water partition coefficient (Wildman–Crippen LogP) is 2.37. The molecule has 1 fully saturated rings. The molecular weight excluding hydrogens is 421 g/mol. The van der Waals surface area contributed by atoms with E-state index in [2.05, 4.69) is 39.5 Å². The minimum absolute atomic E-state index is 0. The van der Waals surface area contributed by atoms with Crippen LogP contribution in [0.1, 0.15) is 29.7 Å². The van der Waals surface area contributed by atoms with Crippen molar-refractivity contribution in [2.24, 2.45) is 10.9 Å². The lowest BCUT2D eigenvalue weighted by atomic mass is 9.97. The number of aryl methyl sites for hydroxylation is 1. The van der Waals surface area contributed by atoms with Gasteiger partial charge in [0.2, 0.25) is 0 Å². The van der Waals surface area contributed by atoms with Gasteiger partial charge in [-0.15, -0.1) is 35.3 Å². The van der Waals surface area contributed by atoms with E-state index < -0.39 is 0 Å². The maximum Gasteiger partial charge on any atom is 0.190 e. The van der Waals surface area contributed by atoms with Crippen molar-refractivity contribution in [2.45, 2.75) is 32.6 Å². The molecule has 1 aromatic rings. The van der Waals surface area contributed by atoms with Crippen molar-refractivity contribution in [3.05, 3.63) is 16.1 Å². The monoisotopic (exact) mass is 451 g/mol. The summed E-state index contributed by atoms with van der Waals surface area (Å²) in [5.74, 6) is 1.67. The van der Waals surface area contributed by atoms with E-state index in [4.69, 9.17) is 0 Å². The van der Waals surface area contributed by atoms with Gasteiger partial charge in [0.25, 0.3) is 0 Å². The molecule has 23 heavy (non-hydrogen) atoms. The lowest BCUT2D eigenvalue weighted by Crippen LogP contribution is -2.42. The van der Waals surface area contributed by atoms with Gasteiger partial charge < -0.3 is 15.5 Å². The lowest BCUT2D eigenvalue weighted by Gasteiger charge is -2.29. The molecule has 0 atom stereocenters. The van der Waals surface area contributed by atoms with Crippen molar-refractivity contribution < 1.29 is 0 Å². The Morgan fingerprint density at radius 1 is 1.39 bits per heavy atom. The fourth-order valence-electron chi connectivity index (χ4n) is 2.64. The van der Waals surface area contributed by atoms with Crippen LogP contribution in [0.2, 0.25) is 0 Å². The number of nitrogens with one attached hydrogen (secondary N) is 2. The zero-order valence-electron chi connectivity index (χ0n) is 14.5. The first kappa shape index (κ1) is 20.6. The van der Waals surface area contributed by atoms with Gasteiger partial charge >= 0.3 is 0 Å². The molecule has 2 heterocycles. The third-order valence-corrected chi connectivity index (χ3v) is 5.40. The number of halogens is 1. The second kappa shape index (κ2) is 11.2. The summed E-state index contributed by atoms with van der Waals surface area (Å²) in [6, 6.07) is 0. The van der Waals surface area contributed by atoms with Crippen molar-refractivity contribution in [2.75, 3.05) is 40.3 Å². The van der Waals surface area contributed by atoms with Crippen LogP contribution in [0.3, 0.4) is 0 Å². The Balaban J connectivity index is 0.00000264. The zero-order chi connectivity index (χ0) is 15.8. The molecule has 0 aromatic carbocycles. The first-order valence-electron chi connectivity index (χ1n) is 8.28. The van der Waals surface area contributed by atoms with Crippen LogP contribution in [-0.4, -0.2) is 56.1 Å². The number of likely N-dealkylation sites (tertiary alicyclic amines) is 1. The van der Waals surface area contributed by atoms with Crippen LogP contribution in [0, 0.1) is 5.92 Å². The summed E-state index contributed by atoms with van der Waals surface area (Å²) in [6.45, 7) is 6.49. The summed E-state index contributed by atoms with van der Waals surface area (Å²) in [6.07, 6.45) is 6.58. The van der Waals surface area contributed by atoms with E-state index >= 15 is 0 Å². The summed E-state index contributed by atoms with van der Waals surface area (Å²) in [5.41, 5.74) is 0. The zero-order valence-corrected chi connectivity index (χ0v) is 17.6. The van der Waals surface area contributed by atoms with Gasteiger partial charge in [0.05, 0.1) is 5.01 Å². The Hall–Kier alpha value is -0.410. The molecule has 1 aliphatic rings. The molecule has 0 bridgehead atoms. The van der Waals surface area contributed by atoms with Crippen molar-refractivity contribution in [3.63, 3.8) is 0 Å². The molecule has 0 saturated carbocycles. The van der Waals surface area contributed by atoms with E-state index in [9.17, 15) is 0 Å². The maximum absolute atomic E-state index is 4.45. The molecule has 2 N–H and O–H groups in total. The third kappa shape index (κ3) is 7.34. The first-order valence-corrected chi connectivity index (χ1v) is 9.09. The van der Waals surface area contributed by atoms with Gasteiger partial charge in [0.15, 0.2) is 5.96 Å². The molecule has 7 heteroatoms. The van der Waals surface area contributed by atoms with Gasteiger partial charge in [-0.3, -0.25) is 4.99 Å². The normalized spacial score (nSPS) is 16.9. The fourth-order valence-corrected chi connectivity index (χ4v) is 3.50. The van der Waals surface area contributed by atoms with E-state index in [1.165, 1.54) is 35.8 Å². The maximum atomic E-state index is 4.45. The number of hydrogen-bond donors (Lipinski definition) is 2. The van der Waals surface area contributed by atoms with Crippen LogP contribution in [-0.2, 0) is 12.8 Å². The number of rotatable bonds is 6. The van der Waals surface area contributed by atoms with Crippen molar-refractivity contribution >= 4 is 41.3 Å². The van der Waals surface area contributed by atoms with E-state index in [1.807, 2.05) is 24.6 Å². The van der Waals surface area contributed by atoms with E-state index in [-0.39, 0.29) is 24.0 Å². The number of aliphatic imine (C=N–C) groups is 1. The molecule has 1 saturated heterocycles. The number of piperidine rings is 1. The van der Waals surface area contributed by atoms with Gasteiger partial charge in [-0.2, -0.15) is 0 Å². The van der Waals surface area contributed by atoms with Crippen LogP contribution < -0.4 is 10.6 Å².